The number of carbonyl (C=O) groups excluding carboxylic acids is 1. The van der Waals surface area contributed by atoms with Gasteiger partial charge in [0.05, 0.1) is 23.7 Å². The first-order chi connectivity index (χ1) is 13.6. The molecule has 1 amide bonds. The van der Waals surface area contributed by atoms with Gasteiger partial charge in [-0.2, -0.15) is 5.10 Å². The molecule has 2 aromatic heterocycles. The van der Waals surface area contributed by atoms with Crippen LogP contribution in [0.2, 0.25) is 0 Å². The SMILES string of the molecule is C[NH+](CC(=O)N1N=C(c2cccs2)C[C@@H]1c1cccs1)Cc1ccc(F)cc1. The summed E-state index contributed by atoms with van der Waals surface area (Å²) in [5, 5.41) is 10.4. The van der Waals surface area contributed by atoms with Crippen LogP contribution in [-0.2, 0) is 11.3 Å². The zero-order valence-corrected chi connectivity index (χ0v) is 17.1. The third-order valence-corrected chi connectivity index (χ3v) is 6.61. The molecule has 0 radical (unpaired) electrons. The summed E-state index contributed by atoms with van der Waals surface area (Å²) in [4.78, 5) is 16.4. The zero-order valence-electron chi connectivity index (χ0n) is 15.5. The van der Waals surface area contributed by atoms with Crippen molar-refractivity contribution in [1.29, 1.82) is 0 Å². The molecule has 3 aromatic rings. The van der Waals surface area contributed by atoms with E-state index in [0.717, 1.165) is 32.4 Å². The molecule has 1 unspecified atom stereocenters. The van der Waals surface area contributed by atoms with Crippen LogP contribution < -0.4 is 4.90 Å². The number of nitrogens with zero attached hydrogens (tertiary/aromatic N) is 2. The minimum atomic E-state index is -0.247. The van der Waals surface area contributed by atoms with Crippen LogP contribution in [0.3, 0.4) is 0 Å². The average Bonchev–Trinajstić information content (AvgIpc) is 3.43. The highest BCUT2D eigenvalue weighted by Gasteiger charge is 2.35. The number of amides is 1. The average molecular weight is 415 g/mol. The Morgan fingerprint density at radius 2 is 1.93 bits per heavy atom. The van der Waals surface area contributed by atoms with Crippen LogP contribution in [-0.4, -0.2) is 30.2 Å². The molecule has 1 aromatic carbocycles. The largest absolute Gasteiger partial charge is 0.326 e. The van der Waals surface area contributed by atoms with Gasteiger partial charge in [0.15, 0.2) is 6.54 Å². The number of hydrogen-bond acceptors (Lipinski definition) is 4. The molecule has 1 aliphatic heterocycles. The van der Waals surface area contributed by atoms with Crippen LogP contribution in [0.1, 0.15) is 27.8 Å². The smallest absolute Gasteiger partial charge is 0.298 e. The molecule has 0 saturated heterocycles. The second kappa shape index (κ2) is 8.34. The van der Waals surface area contributed by atoms with Crippen LogP contribution in [0.25, 0.3) is 0 Å². The Morgan fingerprint density at radius 3 is 2.61 bits per heavy atom. The van der Waals surface area contributed by atoms with Crippen molar-refractivity contribution in [1.82, 2.24) is 5.01 Å². The number of carbonyl (C=O) groups is 1. The number of nitrogens with one attached hydrogen (secondary N) is 1. The van der Waals surface area contributed by atoms with Crippen LogP contribution in [0.4, 0.5) is 4.39 Å². The van der Waals surface area contributed by atoms with E-state index in [0.29, 0.717) is 13.1 Å². The van der Waals surface area contributed by atoms with Gasteiger partial charge in [-0.25, -0.2) is 9.40 Å². The van der Waals surface area contributed by atoms with E-state index in [2.05, 4.69) is 12.1 Å². The lowest BCUT2D eigenvalue weighted by Crippen LogP contribution is -3.08. The Kier molecular flexibility index (Phi) is 5.66. The lowest BCUT2D eigenvalue weighted by molar-refractivity contribution is -0.885. The van der Waals surface area contributed by atoms with E-state index < -0.39 is 0 Å². The molecule has 7 heteroatoms. The zero-order chi connectivity index (χ0) is 19.5. The van der Waals surface area contributed by atoms with Gasteiger partial charge >= 0.3 is 0 Å². The van der Waals surface area contributed by atoms with Gasteiger partial charge in [0.25, 0.3) is 5.91 Å². The summed E-state index contributed by atoms with van der Waals surface area (Å²) in [5.74, 6) is -0.242. The van der Waals surface area contributed by atoms with Crippen molar-refractivity contribution >= 4 is 34.3 Å². The number of likely N-dealkylation sites (N-methyl/N-ethyl adjacent to an activating group) is 1. The summed E-state index contributed by atoms with van der Waals surface area (Å²) < 4.78 is 13.1. The molecule has 4 nitrogen and oxygen atoms in total. The molecule has 0 fully saturated rings. The first-order valence-corrected chi connectivity index (χ1v) is 10.9. The highest BCUT2D eigenvalue weighted by Crippen LogP contribution is 2.35. The molecule has 28 heavy (non-hydrogen) atoms. The van der Waals surface area contributed by atoms with Crippen molar-refractivity contribution in [2.45, 2.75) is 19.0 Å². The predicted molar refractivity (Wildman–Crippen MR) is 111 cm³/mol. The second-order valence-electron chi connectivity index (χ2n) is 6.93. The number of hydrogen-bond donors (Lipinski definition) is 1. The summed E-state index contributed by atoms with van der Waals surface area (Å²) in [6, 6.07) is 14.5. The standard InChI is InChI=1S/C21H20FN3OS2/c1-24(13-15-6-8-16(22)9-7-15)14-21(26)25-18(20-5-3-11-28-20)12-17(23-25)19-4-2-10-27-19/h2-11,18H,12-14H2,1H3/p+1/t18-/m1/s1. The molecule has 0 saturated carbocycles. The molecule has 1 aliphatic rings. The van der Waals surface area contributed by atoms with E-state index in [-0.39, 0.29) is 17.8 Å². The summed E-state index contributed by atoms with van der Waals surface area (Å²) in [5.41, 5.74) is 1.98. The van der Waals surface area contributed by atoms with Gasteiger partial charge in [0.2, 0.25) is 0 Å². The maximum absolute atomic E-state index is 13.1. The van der Waals surface area contributed by atoms with Gasteiger partial charge in [-0.05, 0) is 35.0 Å². The van der Waals surface area contributed by atoms with E-state index >= 15 is 0 Å². The fourth-order valence-electron chi connectivity index (χ4n) is 3.39. The fourth-order valence-corrected chi connectivity index (χ4v) is 4.92. The van der Waals surface area contributed by atoms with Crippen molar-refractivity contribution in [3.05, 3.63) is 80.4 Å². The van der Waals surface area contributed by atoms with Crippen LogP contribution in [0.15, 0.2) is 64.4 Å². The number of hydrazone groups is 1. The van der Waals surface area contributed by atoms with Gasteiger partial charge in [-0.15, -0.1) is 22.7 Å². The Balaban J connectivity index is 1.49. The van der Waals surface area contributed by atoms with Gasteiger partial charge in [-0.1, -0.05) is 24.3 Å². The van der Waals surface area contributed by atoms with Crippen LogP contribution in [0.5, 0.6) is 0 Å². The summed E-state index contributed by atoms with van der Waals surface area (Å²) in [6.07, 6.45) is 0.740. The highest BCUT2D eigenvalue weighted by molar-refractivity contribution is 7.12. The summed E-state index contributed by atoms with van der Waals surface area (Å²) >= 11 is 3.31. The molecular weight excluding hydrogens is 393 g/mol. The third-order valence-electron chi connectivity index (χ3n) is 4.72. The van der Waals surface area contributed by atoms with Crippen molar-refractivity contribution in [3.8, 4) is 0 Å². The Bertz CT molecular complexity index is 952. The maximum Gasteiger partial charge on any atom is 0.298 e. The maximum atomic E-state index is 13.1. The molecule has 4 rings (SSSR count). The summed E-state index contributed by atoms with van der Waals surface area (Å²) in [6.45, 7) is 0.992. The monoisotopic (exact) mass is 414 g/mol. The predicted octanol–water partition coefficient (Wildman–Crippen LogP) is 3.34. The van der Waals surface area contributed by atoms with Crippen molar-refractivity contribution in [2.75, 3.05) is 13.6 Å². The molecule has 144 valence electrons. The molecule has 3 heterocycles. The number of quaternary nitrogens is 1. The van der Waals surface area contributed by atoms with Crippen LogP contribution in [0, 0.1) is 5.82 Å². The minimum Gasteiger partial charge on any atom is -0.326 e. The minimum absolute atomic E-state index is 0.00423. The van der Waals surface area contributed by atoms with Crippen LogP contribution >= 0.6 is 22.7 Å². The van der Waals surface area contributed by atoms with E-state index in [1.165, 1.54) is 12.1 Å². The van der Waals surface area contributed by atoms with Crippen molar-refractivity contribution < 1.29 is 14.1 Å². The van der Waals surface area contributed by atoms with Crippen molar-refractivity contribution in [2.24, 2.45) is 5.10 Å². The first-order valence-electron chi connectivity index (χ1n) is 9.12. The third kappa shape index (κ3) is 4.22. The fraction of sp³-hybridized carbons (Fsp3) is 0.238. The van der Waals surface area contributed by atoms with Crippen molar-refractivity contribution in [3.63, 3.8) is 0 Å². The number of benzene rings is 1. The normalized spacial score (nSPS) is 17.6. The molecule has 0 spiro atoms. The Morgan fingerprint density at radius 1 is 1.18 bits per heavy atom. The molecular formula is C21H21FN3OS2+. The summed E-state index contributed by atoms with van der Waals surface area (Å²) in [7, 11) is 1.97. The number of rotatable bonds is 6. The first kappa shape index (κ1) is 19.0. The quantitative estimate of drug-likeness (QED) is 0.660. The lowest BCUT2D eigenvalue weighted by atomic mass is 10.1. The van der Waals surface area contributed by atoms with E-state index in [1.807, 2.05) is 29.9 Å². The Hall–Kier alpha value is -2.35. The number of halogens is 1. The highest BCUT2D eigenvalue weighted by atomic mass is 32.1. The Labute approximate surface area is 171 Å². The lowest BCUT2D eigenvalue weighted by Gasteiger charge is -2.22. The van der Waals surface area contributed by atoms with Gasteiger partial charge in [-0.3, -0.25) is 4.79 Å². The molecule has 0 bridgehead atoms. The van der Waals surface area contributed by atoms with Gasteiger partial charge in [0.1, 0.15) is 12.4 Å². The van der Waals surface area contributed by atoms with Gasteiger partial charge in [0, 0.05) is 16.9 Å². The van der Waals surface area contributed by atoms with E-state index in [4.69, 9.17) is 5.10 Å². The topological polar surface area (TPSA) is 37.1 Å². The molecule has 1 N–H and O–H groups in total. The van der Waals surface area contributed by atoms with E-state index in [1.54, 1.807) is 39.8 Å². The number of thiophene rings is 2. The molecule has 0 aliphatic carbocycles. The second-order valence-corrected chi connectivity index (χ2v) is 8.86. The molecule has 2 atom stereocenters. The van der Waals surface area contributed by atoms with E-state index in [9.17, 15) is 9.18 Å². The van der Waals surface area contributed by atoms with Gasteiger partial charge < -0.3 is 4.90 Å².